The van der Waals surface area contributed by atoms with E-state index in [1.54, 1.807) is 24.3 Å². The molecule has 146 valence electrons. The van der Waals surface area contributed by atoms with Crippen LogP contribution in [-0.4, -0.2) is 33.7 Å². The van der Waals surface area contributed by atoms with Gasteiger partial charge in [-0.05, 0) is 42.2 Å². The summed E-state index contributed by atoms with van der Waals surface area (Å²) in [5.41, 5.74) is 3.39. The van der Waals surface area contributed by atoms with Gasteiger partial charge in [0.2, 0.25) is 10.0 Å². The lowest BCUT2D eigenvalue weighted by molar-refractivity contribution is 0.0954. The number of carbonyl (C=O) groups is 1. The molecule has 0 aliphatic rings. The normalized spacial score (nSPS) is 11.9. The molecule has 0 saturated heterocycles. The Labute approximate surface area is 162 Å². The topological polar surface area (TPSA) is 66.5 Å². The minimum absolute atomic E-state index is 0.0268. The smallest absolute Gasteiger partial charge is 0.251 e. The monoisotopic (exact) mass is 388 g/mol. The summed E-state index contributed by atoms with van der Waals surface area (Å²) in [5.74, 6) is -0.215. The Kier molecular flexibility index (Phi) is 6.31. The first kappa shape index (κ1) is 21.0. The van der Waals surface area contributed by atoms with Crippen LogP contribution < -0.4 is 9.62 Å². The Bertz CT molecular complexity index is 881. The van der Waals surface area contributed by atoms with Gasteiger partial charge in [0.25, 0.3) is 5.91 Å². The van der Waals surface area contributed by atoms with Crippen LogP contribution >= 0.6 is 0 Å². The Hall–Kier alpha value is -2.34. The first-order valence-corrected chi connectivity index (χ1v) is 10.8. The number of sulfonamides is 1. The zero-order valence-corrected chi connectivity index (χ0v) is 17.4. The van der Waals surface area contributed by atoms with Crippen molar-refractivity contribution in [2.24, 2.45) is 0 Å². The van der Waals surface area contributed by atoms with Gasteiger partial charge in [-0.1, -0.05) is 50.6 Å². The molecule has 0 bridgehead atoms. The Morgan fingerprint density at radius 3 is 2.04 bits per heavy atom. The minimum Gasteiger partial charge on any atom is -0.350 e. The van der Waals surface area contributed by atoms with Crippen LogP contribution in [0.2, 0.25) is 0 Å². The second-order valence-electron chi connectivity index (χ2n) is 7.75. The lowest BCUT2D eigenvalue weighted by Gasteiger charge is -2.23. The van der Waals surface area contributed by atoms with E-state index in [2.05, 4.69) is 26.1 Å². The molecule has 0 saturated carbocycles. The van der Waals surface area contributed by atoms with E-state index in [0.29, 0.717) is 11.3 Å². The number of benzene rings is 2. The highest BCUT2D eigenvalue weighted by Gasteiger charge is 2.18. The maximum atomic E-state index is 12.3. The average molecular weight is 389 g/mol. The number of hydrogen-bond donors (Lipinski definition) is 1. The van der Waals surface area contributed by atoms with E-state index in [0.717, 1.165) is 11.1 Å². The van der Waals surface area contributed by atoms with E-state index in [9.17, 15) is 13.2 Å². The van der Waals surface area contributed by atoms with Crippen molar-refractivity contribution in [2.75, 3.05) is 23.7 Å². The van der Waals surface area contributed by atoms with E-state index in [4.69, 9.17) is 0 Å². The molecule has 2 aromatic carbocycles. The van der Waals surface area contributed by atoms with Crippen LogP contribution in [-0.2, 0) is 15.4 Å². The van der Waals surface area contributed by atoms with Gasteiger partial charge in [0.1, 0.15) is 0 Å². The molecule has 0 aromatic heterocycles. The fourth-order valence-electron chi connectivity index (χ4n) is 2.69. The molecule has 6 heteroatoms. The number of nitrogens with one attached hydrogen (secondary N) is 1. The summed E-state index contributed by atoms with van der Waals surface area (Å²) in [7, 11) is -3.43. The molecular weight excluding hydrogens is 360 g/mol. The van der Waals surface area contributed by atoms with Gasteiger partial charge in [-0.15, -0.1) is 0 Å². The third kappa shape index (κ3) is 5.82. The molecule has 0 fully saturated rings. The molecule has 27 heavy (non-hydrogen) atoms. The Morgan fingerprint density at radius 2 is 1.56 bits per heavy atom. The zero-order valence-electron chi connectivity index (χ0n) is 16.6. The maximum Gasteiger partial charge on any atom is 0.251 e. The predicted octanol–water partition coefficient (Wildman–Crippen LogP) is 3.49. The van der Waals surface area contributed by atoms with Gasteiger partial charge >= 0.3 is 0 Å². The van der Waals surface area contributed by atoms with E-state index in [1.807, 2.05) is 31.2 Å². The van der Waals surface area contributed by atoms with Crippen LogP contribution in [0, 0.1) is 6.92 Å². The van der Waals surface area contributed by atoms with Gasteiger partial charge < -0.3 is 5.32 Å². The highest BCUT2D eigenvalue weighted by molar-refractivity contribution is 7.92. The molecule has 0 heterocycles. The van der Waals surface area contributed by atoms with Gasteiger partial charge in [0.15, 0.2) is 0 Å². The second-order valence-corrected chi connectivity index (χ2v) is 9.66. The van der Waals surface area contributed by atoms with Crippen molar-refractivity contribution in [2.45, 2.75) is 33.1 Å². The van der Waals surface area contributed by atoms with Crippen molar-refractivity contribution in [3.05, 3.63) is 65.2 Å². The molecule has 5 nitrogen and oxygen atoms in total. The number of rotatable bonds is 6. The first-order chi connectivity index (χ1) is 12.5. The van der Waals surface area contributed by atoms with Crippen LogP contribution in [0.15, 0.2) is 48.5 Å². The number of amides is 1. The van der Waals surface area contributed by atoms with E-state index in [-0.39, 0.29) is 24.4 Å². The summed E-state index contributed by atoms with van der Waals surface area (Å²) in [4.78, 5) is 12.3. The largest absolute Gasteiger partial charge is 0.350 e. The van der Waals surface area contributed by atoms with Crippen LogP contribution in [0.25, 0.3) is 0 Å². The van der Waals surface area contributed by atoms with Crippen LogP contribution in [0.1, 0.15) is 42.3 Å². The SMILES string of the molecule is Cc1ccc(N(CCNC(=O)c2ccc(C(C)(C)C)cc2)S(C)(=O)=O)cc1. The Balaban J connectivity index is 2.02. The first-order valence-electron chi connectivity index (χ1n) is 8.91. The lowest BCUT2D eigenvalue weighted by Crippen LogP contribution is -2.38. The van der Waals surface area contributed by atoms with Crippen molar-refractivity contribution in [3.63, 3.8) is 0 Å². The van der Waals surface area contributed by atoms with Gasteiger partial charge in [-0.25, -0.2) is 8.42 Å². The summed E-state index contributed by atoms with van der Waals surface area (Å²) in [6.45, 7) is 8.70. The standard InChI is InChI=1S/C21H28N2O3S/c1-16-6-12-19(13-7-16)23(27(5,25)26)15-14-22-20(24)17-8-10-18(11-9-17)21(2,3)4/h6-13H,14-15H2,1-5H3,(H,22,24). The van der Waals surface area contributed by atoms with Crippen molar-refractivity contribution in [1.82, 2.24) is 5.32 Å². The van der Waals surface area contributed by atoms with Crippen molar-refractivity contribution < 1.29 is 13.2 Å². The molecule has 0 radical (unpaired) electrons. The molecule has 1 N–H and O–H groups in total. The molecular formula is C21H28N2O3S. The average Bonchev–Trinajstić information content (AvgIpc) is 2.58. The van der Waals surface area contributed by atoms with Gasteiger partial charge in [0.05, 0.1) is 18.5 Å². The third-order valence-electron chi connectivity index (χ3n) is 4.34. The van der Waals surface area contributed by atoms with Crippen LogP contribution in [0.5, 0.6) is 0 Å². The third-order valence-corrected chi connectivity index (χ3v) is 5.53. The van der Waals surface area contributed by atoms with Gasteiger partial charge in [-0.3, -0.25) is 9.10 Å². The Morgan fingerprint density at radius 1 is 1.00 bits per heavy atom. The van der Waals surface area contributed by atoms with Crippen molar-refractivity contribution >= 4 is 21.6 Å². The van der Waals surface area contributed by atoms with E-state index < -0.39 is 10.0 Å². The highest BCUT2D eigenvalue weighted by atomic mass is 32.2. The fourth-order valence-corrected chi connectivity index (χ4v) is 3.62. The lowest BCUT2D eigenvalue weighted by atomic mass is 9.87. The highest BCUT2D eigenvalue weighted by Crippen LogP contribution is 2.22. The molecule has 1 amide bonds. The number of carbonyl (C=O) groups excluding carboxylic acids is 1. The summed E-state index contributed by atoms with van der Waals surface area (Å²) in [6, 6.07) is 14.8. The molecule has 0 unspecified atom stereocenters. The molecule has 0 aliphatic heterocycles. The van der Waals surface area contributed by atoms with Crippen LogP contribution in [0.4, 0.5) is 5.69 Å². The number of aryl methyl sites for hydroxylation is 1. The molecule has 0 spiro atoms. The second kappa shape index (κ2) is 8.13. The molecule has 0 atom stereocenters. The summed E-state index contributed by atoms with van der Waals surface area (Å²) < 4.78 is 25.5. The van der Waals surface area contributed by atoms with Crippen molar-refractivity contribution in [1.29, 1.82) is 0 Å². The molecule has 2 aromatic rings. The number of nitrogens with zero attached hydrogens (tertiary/aromatic N) is 1. The quantitative estimate of drug-likeness (QED) is 0.824. The van der Waals surface area contributed by atoms with Gasteiger partial charge in [-0.2, -0.15) is 0 Å². The van der Waals surface area contributed by atoms with E-state index >= 15 is 0 Å². The molecule has 2 rings (SSSR count). The van der Waals surface area contributed by atoms with E-state index in [1.165, 1.54) is 10.6 Å². The van der Waals surface area contributed by atoms with Crippen LogP contribution in [0.3, 0.4) is 0 Å². The fraction of sp³-hybridized carbons (Fsp3) is 0.381. The van der Waals surface area contributed by atoms with Gasteiger partial charge in [0, 0.05) is 12.1 Å². The molecule has 0 aliphatic carbocycles. The summed E-state index contributed by atoms with van der Waals surface area (Å²) in [6.07, 6.45) is 1.17. The van der Waals surface area contributed by atoms with Crippen molar-refractivity contribution in [3.8, 4) is 0 Å². The summed E-state index contributed by atoms with van der Waals surface area (Å²) >= 11 is 0. The number of hydrogen-bond acceptors (Lipinski definition) is 3. The zero-order chi connectivity index (χ0) is 20.2. The minimum atomic E-state index is -3.43. The number of anilines is 1. The summed E-state index contributed by atoms with van der Waals surface area (Å²) in [5, 5.41) is 2.80. The predicted molar refractivity (Wildman–Crippen MR) is 111 cm³/mol. The maximum absolute atomic E-state index is 12.3.